The minimum atomic E-state index is -3.98. The molecule has 3 atom stereocenters. The van der Waals surface area contributed by atoms with Crippen molar-refractivity contribution in [2.45, 2.75) is 68.6 Å². The summed E-state index contributed by atoms with van der Waals surface area (Å²) in [7, 11) is -3.98. The maximum absolute atomic E-state index is 13.3. The molecule has 192 valence electrons. The van der Waals surface area contributed by atoms with Crippen LogP contribution in [0.25, 0.3) is 0 Å². The zero-order valence-electron chi connectivity index (χ0n) is 20.1. The molecule has 10 nitrogen and oxygen atoms in total. The van der Waals surface area contributed by atoms with E-state index in [-0.39, 0.29) is 23.8 Å². The zero-order chi connectivity index (χ0) is 25.7. The quantitative estimate of drug-likeness (QED) is 0.515. The van der Waals surface area contributed by atoms with Gasteiger partial charge in [-0.15, -0.1) is 0 Å². The number of nitrogens with one attached hydrogen (secondary N) is 2. The number of pyridine rings is 1. The van der Waals surface area contributed by atoms with E-state index in [0.29, 0.717) is 12.8 Å². The monoisotopic (exact) mass is 514 g/mol. The molecular formula is C25H30N4O6S. The van der Waals surface area contributed by atoms with Crippen molar-refractivity contribution in [2.24, 2.45) is 0 Å². The molecule has 0 bridgehead atoms. The molecule has 2 amide bonds. The standard InChI is InChI=1S/C25H30N4O6S/c1-17-11-12-19(21(30)16-29(17)36(33,34)23-10-4-5-13-26-23)27-24(31)20(15-18-7-2-3-8-18)28-25(32)22-9-6-14-35-22/h4-7,9-10,13-14,17,19-20H,2-3,8,11-12,15-16H2,1H3,(H,27,31)(H,28,32)/t17-,19+,20+/m1/s1. The van der Waals surface area contributed by atoms with Gasteiger partial charge in [-0.05, 0) is 69.7 Å². The molecule has 0 saturated carbocycles. The molecule has 1 aliphatic heterocycles. The van der Waals surface area contributed by atoms with E-state index in [0.717, 1.165) is 29.1 Å². The number of nitrogens with zero attached hydrogens (tertiary/aromatic N) is 2. The first-order valence-electron chi connectivity index (χ1n) is 12.0. The topological polar surface area (TPSA) is 139 Å². The van der Waals surface area contributed by atoms with Crippen LogP contribution >= 0.6 is 0 Å². The Bertz CT molecular complexity index is 1230. The molecule has 1 fully saturated rings. The molecule has 2 aliphatic rings. The van der Waals surface area contributed by atoms with Gasteiger partial charge in [-0.3, -0.25) is 14.4 Å². The van der Waals surface area contributed by atoms with Gasteiger partial charge in [0.2, 0.25) is 5.91 Å². The van der Waals surface area contributed by atoms with Crippen LogP contribution in [0.15, 0.2) is 63.9 Å². The molecule has 2 aromatic rings. The molecule has 2 N–H and O–H groups in total. The van der Waals surface area contributed by atoms with Crippen LogP contribution in [0, 0.1) is 0 Å². The van der Waals surface area contributed by atoms with Crippen molar-refractivity contribution < 1.29 is 27.2 Å². The lowest BCUT2D eigenvalue weighted by molar-refractivity contribution is -0.128. The zero-order valence-corrected chi connectivity index (χ0v) is 20.9. The summed E-state index contributed by atoms with van der Waals surface area (Å²) in [6.45, 7) is 1.36. The molecular weight excluding hydrogens is 484 g/mol. The van der Waals surface area contributed by atoms with Crippen molar-refractivity contribution in [1.82, 2.24) is 19.9 Å². The van der Waals surface area contributed by atoms with E-state index in [2.05, 4.69) is 21.7 Å². The number of ketones is 1. The third kappa shape index (κ3) is 5.90. The summed E-state index contributed by atoms with van der Waals surface area (Å²) in [5, 5.41) is 5.36. The van der Waals surface area contributed by atoms with Gasteiger partial charge in [0.05, 0.1) is 18.8 Å². The maximum Gasteiger partial charge on any atom is 0.287 e. The van der Waals surface area contributed by atoms with Crippen molar-refractivity contribution in [3.05, 3.63) is 60.2 Å². The van der Waals surface area contributed by atoms with Crippen LogP contribution in [0.3, 0.4) is 0 Å². The number of furan rings is 1. The van der Waals surface area contributed by atoms with Gasteiger partial charge in [-0.1, -0.05) is 17.7 Å². The van der Waals surface area contributed by atoms with Gasteiger partial charge in [-0.2, -0.15) is 4.31 Å². The van der Waals surface area contributed by atoms with Crippen LogP contribution in [0.4, 0.5) is 0 Å². The highest BCUT2D eigenvalue weighted by Crippen LogP contribution is 2.24. The summed E-state index contributed by atoms with van der Waals surface area (Å²) in [5.74, 6) is -1.34. The first-order chi connectivity index (χ1) is 17.3. The number of carbonyl (C=O) groups excluding carboxylic acids is 3. The molecule has 4 rings (SSSR count). The van der Waals surface area contributed by atoms with Crippen molar-refractivity contribution >= 4 is 27.6 Å². The highest BCUT2D eigenvalue weighted by atomic mass is 32.2. The Morgan fingerprint density at radius 2 is 2.06 bits per heavy atom. The van der Waals surface area contributed by atoms with E-state index in [9.17, 15) is 22.8 Å². The second-order valence-electron chi connectivity index (χ2n) is 9.13. The van der Waals surface area contributed by atoms with Crippen molar-refractivity contribution in [1.29, 1.82) is 0 Å². The Hall–Kier alpha value is -3.31. The maximum atomic E-state index is 13.3. The average Bonchev–Trinajstić information content (AvgIpc) is 3.57. The van der Waals surface area contributed by atoms with Crippen LogP contribution < -0.4 is 10.6 Å². The van der Waals surface area contributed by atoms with E-state index >= 15 is 0 Å². The Kier molecular flexibility index (Phi) is 8.00. The van der Waals surface area contributed by atoms with Gasteiger partial charge in [0.1, 0.15) is 6.04 Å². The van der Waals surface area contributed by atoms with Gasteiger partial charge in [-0.25, -0.2) is 13.4 Å². The second kappa shape index (κ2) is 11.2. The number of aromatic nitrogens is 1. The van der Waals surface area contributed by atoms with E-state index in [1.807, 2.05) is 0 Å². The van der Waals surface area contributed by atoms with E-state index in [1.165, 1.54) is 24.6 Å². The largest absolute Gasteiger partial charge is 0.459 e. The molecule has 3 heterocycles. The average molecular weight is 515 g/mol. The predicted octanol–water partition coefficient (Wildman–Crippen LogP) is 2.20. The van der Waals surface area contributed by atoms with E-state index < -0.39 is 45.7 Å². The Morgan fingerprint density at radius 1 is 1.22 bits per heavy atom. The minimum absolute atomic E-state index is 0.0861. The fourth-order valence-electron chi connectivity index (χ4n) is 4.53. The SMILES string of the molecule is C[C@@H]1CC[C@H](NC(=O)[C@H](CC2=CCCC2)NC(=O)c2ccco2)C(=O)CN1S(=O)(=O)c1ccccn1. The summed E-state index contributed by atoms with van der Waals surface area (Å²) < 4.78 is 32.5. The third-order valence-corrected chi connectivity index (χ3v) is 8.44. The van der Waals surface area contributed by atoms with Gasteiger partial charge in [0, 0.05) is 12.2 Å². The van der Waals surface area contributed by atoms with E-state index in [4.69, 9.17) is 4.42 Å². The Balaban J connectivity index is 1.47. The van der Waals surface area contributed by atoms with Crippen molar-refractivity contribution in [3.8, 4) is 0 Å². The van der Waals surface area contributed by atoms with Crippen LogP contribution in [0.2, 0.25) is 0 Å². The van der Waals surface area contributed by atoms with Crippen LogP contribution in [-0.4, -0.2) is 60.0 Å². The summed E-state index contributed by atoms with van der Waals surface area (Å²) in [4.78, 5) is 42.9. The summed E-state index contributed by atoms with van der Waals surface area (Å²) >= 11 is 0. The highest BCUT2D eigenvalue weighted by Gasteiger charge is 2.38. The molecule has 0 spiro atoms. The van der Waals surface area contributed by atoms with Gasteiger partial charge >= 0.3 is 0 Å². The molecule has 2 aromatic heterocycles. The number of rotatable bonds is 8. The first-order valence-corrected chi connectivity index (χ1v) is 13.5. The number of amides is 2. The summed E-state index contributed by atoms with van der Waals surface area (Å²) in [6, 6.07) is 5.44. The van der Waals surface area contributed by atoms with Crippen molar-refractivity contribution in [3.63, 3.8) is 0 Å². The predicted molar refractivity (Wildman–Crippen MR) is 130 cm³/mol. The molecule has 0 aromatic carbocycles. The summed E-state index contributed by atoms with van der Waals surface area (Å²) in [5.41, 5.74) is 1.07. The smallest absolute Gasteiger partial charge is 0.287 e. The fraction of sp³-hybridized carbons (Fsp3) is 0.440. The lowest BCUT2D eigenvalue weighted by Gasteiger charge is -2.25. The molecule has 1 aliphatic carbocycles. The van der Waals surface area contributed by atoms with Crippen molar-refractivity contribution in [2.75, 3.05) is 6.54 Å². The molecule has 0 radical (unpaired) electrons. The molecule has 36 heavy (non-hydrogen) atoms. The normalized spacial score (nSPS) is 21.9. The first kappa shape index (κ1) is 25.8. The third-order valence-electron chi connectivity index (χ3n) is 6.56. The lowest BCUT2D eigenvalue weighted by Crippen LogP contribution is -2.52. The minimum Gasteiger partial charge on any atom is -0.459 e. The van der Waals surface area contributed by atoms with E-state index in [1.54, 1.807) is 25.1 Å². The van der Waals surface area contributed by atoms with Crippen LogP contribution in [-0.2, 0) is 19.6 Å². The highest BCUT2D eigenvalue weighted by molar-refractivity contribution is 7.89. The molecule has 1 saturated heterocycles. The molecule has 11 heteroatoms. The van der Waals surface area contributed by atoms with Crippen LogP contribution in [0.5, 0.6) is 0 Å². The number of carbonyl (C=O) groups is 3. The number of sulfonamides is 1. The van der Waals surface area contributed by atoms with Crippen LogP contribution in [0.1, 0.15) is 56.0 Å². The number of hydrogen-bond donors (Lipinski definition) is 2. The number of hydrogen-bond acceptors (Lipinski definition) is 7. The second-order valence-corrected chi connectivity index (χ2v) is 11.0. The lowest BCUT2D eigenvalue weighted by atomic mass is 10.0. The fourth-order valence-corrected chi connectivity index (χ4v) is 6.09. The Morgan fingerprint density at radius 3 is 2.72 bits per heavy atom. The summed E-state index contributed by atoms with van der Waals surface area (Å²) in [6.07, 6.45) is 8.58. The van der Waals surface area contributed by atoms with Gasteiger partial charge < -0.3 is 15.1 Å². The van der Waals surface area contributed by atoms with Gasteiger partial charge in [0.15, 0.2) is 16.6 Å². The number of allylic oxidation sites excluding steroid dienone is 1. The number of Topliss-reactive ketones (excluding diaryl/α,β-unsaturated/α-hetero) is 1. The molecule has 0 unspecified atom stereocenters. The van der Waals surface area contributed by atoms with Gasteiger partial charge in [0.25, 0.3) is 15.9 Å². The Labute approximate surface area is 210 Å².